The predicted octanol–water partition coefficient (Wildman–Crippen LogP) is 0.712. The van der Waals surface area contributed by atoms with Gasteiger partial charge in [-0.25, -0.2) is 4.79 Å². The van der Waals surface area contributed by atoms with Gasteiger partial charge in [0.2, 0.25) is 5.91 Å². The average molecular weight is 333 g/mol. The SMILES string of the molecule is CC1(c2ccccc2)C(C(=O)N2CCOCC2)NCCN1C(=O)O. The number of nitrogens with one attached hydrogen (secondary N) is 1. The summed E-state index contributed by atoms with van der Waals surface area (Å²) in [5.41, 5.74) is -0.146. The summed E-state index contributed by atoms with van der Waals surface area (Å²) in [5, 5.41) is 13.0. The lowest BCUT2D eigenvalue weighted by molar-refractivity contribution is -0.143. The molecular formula is C17H23N3O4. The Balaban J connectivity index is 1.98. The van der Waals surface area contributed by atoms with Gasteiger partial charge in [0.1, 0.15) is 6.04 Å². The van der Waals surface area contributed by atoms with E-state index in [0.29, 0.717) is 39.4 Å². The molecule has 0 bridgehead atoms. The van der Waals surface area contributed by atoms with E-state index in [2.05, 4.69) is 5.32 Å². The van der Waals surface area contributed by atoms with E-state index in [9.17, 15) is 14.7 Å². The molecule has 3 rings (SSSR count). The normalized spacial score (nSPS) is 27.8. The maximum Gasteiger partial charge on any atom is 0.408 e. The van der Waals surface area contributed by atoms with Gasteiger partial charge in [-0.05, 0) is 12.5 Å². The summed E-state index contributed by atoms with van der Waals surface area (Å²) in [7, 11) is 0. The van der Waals surface area contributed by atoms with Gasteiger partial charge in [0.05, 0.1) is 18.8 Å². The van der Waals surface area contributed by atoms with Gasteiger partial charge in [-0.1, -0.05) is 30.3 Å². The van der Waals surface area contributed by atoms with Crippen LogP contribution in [-0.2, 0) is 15.1 Å². The summed E-state index contributed by atoms with van der Waals surface area (Å²) >= 11 is 0. The summed E-state index contributed by atoms with van der Waals surface area (Å²) < 4.78 is 5.31. The van der Waals surface area contributed by atoms with Gasteiger partial charge in [-0.3, -0.25) is 9.69 Å². The smallest absolute Gasteiger partial charge is 0.408 e. The zero-order valence-electron chi connectivity index (χ0n) is 13.8. The number of carboxylic acid groups (broad SMARTS) is 1. The third-order valence-corrected chi connectivity index (χ3v) is 4.97. The molecule has 2 unspecified atom stereocenters. The summed E-state index contributed by atoms with van der Waals surface area (Å²) in [6.07, 6.45) is -1.01. The maximum atomic E-state index is 13.1. The molecule has 2 saturated heterocycles. The van der Waals surface area contributed by atoms with Crippen LogP contribution in [0.25, 0.3) is 0 Å². The van der Waals surface area contributed by atoms with E-state index in [1.807, 2.05) is 37.3 Å². The second-order valence-electron chi connectivity index (χ2n) is 6.27. The molecule has 2 aliphatic rings. The third-order valence-electron chi connectivity index (χ3n) is 4.97. The Morgan fingerprint density at radius 1 is 1.21 bits per heavy atom. The average Bonchev–Trinajstić information content (AvgIpc) is 2.62. The molecule has 0 aromatic heterocycles. The van der Waals surface area contributed by atoms with E-state index in [4.69, 9.17) is 4.74 Å². The van der Waals surface area contributed by atoms with Crippen LogP contribution in [0, 0.1) is 0 Å². The minimum atomic E-state index is -1.01. The van der Waals surface area contributed by atoms with Gasteiger partial charge >= 0.3 is 6.09 Å². The second kappa shape index (κ2) is 6.78. The van der Waals surface area contributed by atoms with Gasteiger partial charge in [0, 0.05) is 26.2 Å². The van der Waals surface area contributed by atoms with Crippen LogP contribution in [0.4, 0.5) is 4.79 Å². The number of benzene rings is 1. The Bertz CT molecular complexity index is 603. The molecule has 7 heteroatoms. The van der Waals surface area contributed by atoms with Crippen LogP contribution >= 0.6 is 0 Å². The predicted molar refractivity (Wildman–Crippen MR) is 87.7 cm³/mol. The highest BCUT2D eigenvalue weighted by molar-refractivity contribution is 5.85. The van der Waals surface area contributed by atoms with Crippen molar-refractivity contribution in [2.75, 3.05) is 39.4 Å². The zero-order chi connectivity index (χ0) is 17.2. The van der Waals surface area contributed by atoms with Crippen LogP contribution < -0.4 is 5.32 Å². The fraction of sp³-hybridized carbons (Fsp3) is 0.529. The molecule has 0 spiro atoms. The first-order chi connectivity index (χ1) is 11.5. The highest BCUT2D eigenvalue weighted by Crippen LogP contribution is 2.35. The lowest BCUT2D eigenvalue weighted by atomic mass is 9.80. The van der Waals surface area contributed by atoms with Crippen LogP contribution in [-0.4, -0.2) is 72.3 Å². The second-order valence-corrected chi connectivity index (χ2v) is 6.27. The maximum absolute atomic E-state index is 13.1. The van der Waals surface area contributed by atoms with Crippen molar-refractivity contribution in [3.05, 3.63) is 35.9 Å². The van der Waals surface area contributed by atoms with E-state index in [1.165, 1.54) is 4.90 Å². The first-order valence-electron chi connectivity index (χ1n) is 8.21. The monoisotopic (exact) mass is 333 g/mol. The molecule has 7 nitrogen and oxygen atoms in total. The Morgan fingerprint density at radius 2 is 1.88 bits per heavy atom. The minimum Gasteiger partial charge on any atom is -0.465 e. The summed E-state index contributed by atoms with van der Waals surface area (Å²) in [4.78, 5) is 28.1. The van der Waals surface area contributed by atoms with E-state index >= 15 is 0 Å². The highest BCUT2D eigenvalue weighted by Gasteiger charge is 2.50. The molecule has 0 radical (unpaired) electrons. The molecule has 2 fully saturated rings. The van der Waals surface area contributed by atoms with E-state index in [1.54, 1.807) is 4.90 Å². The summed E-state index contributed by atoms with van der Waals surface area (Å²) in [6, 6.07) is 8.75. The fourth-order valence-electron chi connectivity index (χ4n) is 3.59. The van der Waals surface area contributed by atoms with E-state index < -0.39 is 17.7 Å². The van der Waals surface area contributed by atoms with Crippen molar-refractivity contribution in [1.29, 1.82) is 0 Å². The van der Waals surface area contributed by atoms with Crippen molar-refractivity contribution < 1.29 is 19.4 Å². The number of nitrogens with zero attached hydrogens (tertiary/aromatic N) is 2. The van der Waals surface area contributed by atoms with Crippen LogP contribution in [0.1, 0.15) is 12.5 Å². The number of hydrogen-bond donors (Lipinski definition) is 2. The molecule has 1 aromatic rings. The van der Waals surface area contributed by atoms with E-state index in [0.717, 1.165) is 5.56 Å². The van der Waals surface area contributed by atoms with Crippen molar-refractivity contribution in [2.45, 2.75) is 18.5 Å². The molecule has 2 atom stereocenters. The van der Waals surface area contributed by atoms with Crippen molar-refractivity contribution in [1.82, 2.24) is 15.1 Å². The Labute approximate surface area is 141 Å². The molecule has 2 amide bonds. The molecule has 0 saturated carbocycles. The minimum absolute atomic E-state index is 0.0735. The zero-order valence-corrected chi connectivity index (χ0v) is 13.8. The number of carbonyl (C=O) groups excluding carboxylic acids is 1. The van der Waals surface area contributed by atoms with E-state index in [-0.39, 0.29) is 5.91 Å². The molecule has 2 N–H and O–H groups in total. The van der Waals surface area contributed by atoms with Crippen LogP contribution in [0.2, 0.25) is 0 Å². The number of morpholine rings is 1. The first-order valence-corrected chi connectivity index (χ1v) is 8.21. The number of hydrogen-bond acceptors (Lipinski definition) is 4. The molecule has 2 aliphatic heterocycles. The molecule has 24 heavy (non-hydrogen) atoms. The van der Waals surface area contributed by atoms with Crippen molar-refractivity contribution in [3.8, 4) is 0 Å². The van der Waals surface area contributed by atoms with Crippen LogP contribution in [0.3, 0.4) is 0 Å². The first kappa shape index (κ1) is 16.7. The van der Waals surface area contributed by atoms with Crippen molar-refractivity contribution >= 4 is 12.0 Å². The third kappa shape index (κ3) is 2.85. The topological polar surface area (TPSA) is 82.1 Å². The lowest BCUT2D eigenvalue weighted by Crippen LogP contribution is -2.69. The van der Waals surface area contributed by atoms with Gasteiger partial charge < -0.3 is 20.1 Å². The van der Waals surface area contributed by atoms with Crippen LogP contribution in [0.5, 0.6) is 0 Å². The molecule has 0 aliphatic carbocycles. The van der Waals surface area contributed by atoms with Gasteiger partial charge in [-0.2, -0.15) is 0 Å². The number of ether oxygens (including phenoxy) is 1. The number of piperazine rings is 1. The van der Waals surface area contributed by atoms with Gasteiger partial charge in [-0.15, -0.1) is 0 Å². The molecule has 130 valence electrons. The standard InChI is InChI=1S/C17H23N3O4/c1-17(13-5-3-2-4-6-13)14(18-7-8-20(17)16(22)23)15(21)19-9-11-24-12-10-19/h2-6,14,18H,7-12H2,1H3,(H,22,23). The Hall–Kier alpha value is -2.12. The fourth-order valence-corrected chi connectivity index (χ4v) is 3.59. The number of carbonyl (C=O) groups is 2. The summed E-state index contributed by atoms with van der Waals surface area (Å²) in [5.74, 6) is -0.0735. The Morgan fingerprint density at radius 3 is 2.50 bits per heavy atom. The van der Waals surface area contributed by atoms with Crippen LogP contribution in [0.15, 0.2) is 30.3 Å². The number of amides is 2. The van der Waals surface area contributed by atoms with Gasteiger partial charge in [0.15, 0.2) is 0 Å². The quantitative estimate of drug-likeness (QED) is 0.833. The lowest BCUT2D eigenvalue weighted by Gasteiger charge is -2.49. The Kier molecular flexibility index (Phi) is 4.73. The van der Waals surface area contributed by atoms with Crippen molar-refractivity contribution in [2.24, 2.45) is 0 Å². The molecule has 2 heterocycles. The van der Waals surface area contributed by atoms with Gasteiger partial charge in [0.25, 0.3) is 0 Å². The van der Waals surface area contributed by atoms with Crippen molar-refractivity contribution in [3.63, 3.8) is 0 Å². The number of rotatable bonds is 2. The highest BCUT2D eigenvalue weighted by atomic mass is 16.5. The largest absolute Gasteiger partial charge is 0.465 e. The summed E-state index contributed by atoms with van der Waals surface area (Å²) in [6.45, 7) is 4.73. The molecule has 1 aromatic carbocycles. The molecular weight excluding hydrogens is 310 g/mol.